The van der Waals surface area contributed by atoms with Crippen molar-refractivity contribution in [3.8, 4) is 5.75 Å². The van der Waals surface area contributed by atoms with Crippen LogP contribution in [0, 0.1) is 0 Å². The van der Waals surface area contributed by atoms with Crippen LogP contribution < -0.4 is 5.32 Å². The van der Waals surface area contributed by atoms with E-state index >= 15 is 0 Å². The summed E-state index contributed by atoms with van der Waals surface area (Å²) in [7, 11) is 0. The lowest BCUT2D eigenvalue weighted by Crippen LogP contribution is -2.39. The van der Waals surface area contributed by atoms with Gasteiger partial charge in [0.15, 0.2) is 0 Å². The van der Waals surface area contributed by atoms with Crippen molar-refractivity contribution in [3.63, 3.8) is 0 Å². The smallest absolute Gasteiger partial charge is 0.416 e. The Balaban J connectivity index is 1.80. The van der Waals surface area contributed by atoms with Crippen LogP contribution in [0.4, 0.5) is 26.3 Å². The first-order valence-electron chi connectivity index (χ1n) is 8.96. The largest absolute Gasteiger partial charge is 0.508 e. The second kappa shape index (κ2) is 8.23. The fourth-order valence-corrected chi connectivity index (χ4v) is 3.36. The zero-order valence-corrected chi connectivity index (χ0v) is 15.1. The molecule has 1 aliphatic rings. The van der Waals surface area contributed by atoms with Crippen molar-refractivity contribution < 1.29 is 36.2 Å². The first-order chi connectivity index (χ1) is 13.5. The Morgan fingerprint density at radius 1 is 0.931 bits per heavy atom. The number of phenols is 1. The molecule has 0 saturated carbocycles. The highest BCUT2D eigenvalue weighted by Gasteiger charge is 2.37. The Bertz CT molecular complexity index is 800. The molecule has 29 heavy (non-hydrogen) atoms. The van der Waals surface area contributed by atoms with Gasteiger partial charge in [0.25, 0.3) is 0 Å². The summed E-state index contributed by atoms with van der Waals surface area (Å²) >= 11 is 0. The molecule has 0 unspecified atom stereocenters. The molecule has 158 valence electrons. The molecule has 2 aromatic rings. The molecular formula is C20H19F6NO2. The Labute approximate surface area is 163 Å². The van der Waals surface area contributed by atoms with Gasteiger partial charge in [-0.25, -0.2) is 0 Å². The summed E-state index contributed by atoms with van der Waals surface area (Å²) in [6.45, 7) is 0.321. The van der Waals surface area contributed by atoms with Gasteiger partial charge in [-0.2, -0.15) is 26.3 Å². The number of rotatable bonds is 4. The molecule has 2 N–H and O–H groups in total. The minimum absolute atomic E-state index is 0.0886. The van der Waals surface area contributed by atoms with Crippen LogP contribution in [0.15, 0.2) is 42.5 Å². The van der Waals surface area contributed by atoms with Crippen LogP contribution >= 0.6 is 0 Å². The molecule has 0 radical (unpaired) electrons. The molecular weight excluding hydrogens is 400 g/mol. The standard InChI is InChI=1S/C20H19F6NO2/c21-19(22,23)14-8-12(9-15(10-14)20(24,25)26)11-29-17-2-1-7-27-18(17)13-3-5-16(28)6-4-13/h3-6,8-10,17-18,27-28H,1-2,7,11H2/t17-,18-/m0/s1. The summed E-state index contributed by atoms with van der Waals surface area (Å²) in [5, 5.41) is 12.7. The van der Waals surface area contributed by atoms with Gasteiger partial charge in [0, 0.05) is 0 Å². The van der Waals surface area contributed by atoms with E-state index in [1.807, 2.05) is 0 Å². The number of phenolic OH excluding ortho intramolecular Hbond substituents is 1. The van der Waals surface area contributed by atoms with Gasteiger partial charge >= 0.3 is 12.4 Å². The van der Waals surface area contributed by atoms with E-state index in [0.717, 1.165) is 12.0 Å². The Morgan fingerprint density at radius 3 is 2.07 bits per heavy atom. The van der Waals surface area contributed by atoms with Crippen molar-refractivity contribution in [1.29, 1.82) is 0 Å². The average Bonchev–Trinajstić information content (AvgIpc) is 2.66. The first-order valence-corrected chi connectivity index (χ1v) is 8.96. The highest BCUT2D eigenvalue weighted by molar-refractivity contribution is 5.33. The number of nitrogens with one attached hydrogen (secondary N) is 1. The summed E-state index contributed by atoms with van der Waals surface area (Å²) in [6.07, 6.45) is -8.86. The van der Waals surface area contributed by atoms with E-state index < -0.39 is 29.6 Å². The number of hydrogen-bond donors (Lipinski definition) is 2. The summed E-state index contributed by atoms with van der Waals surface area (Å²) in [5.74, 6) is 0.0886. The van der Waals surface area contributed by atoms with E-state index in [-0.39, 0.29) is 30.0 Å². The topological polar surface area (TPSA) is 41.5 Å². The predicted octanol–water partition coefficient (Wildman–Crippen LogP) is 5.44. The van der Waals surface area contributed by atoms with Crippen LogP contribution in [0.3, 0.4) is 0 Å². The molecule has 2 atom stereocenters. The van der Waals surface area contributed by atoms with Crippen LogP contribution in [0.25, 0.3) is 0 Å². The highest BCUT2D eigenvalue weighted by Crippen LogP contribution is 2.37. The van der Waals surface area contributed by atoms with E-state index in [1.54, 1.807) is 12.1 Å². The predicted molar refractivity (Wildman–Crippen MR) is 93.1 cm³/mol. The second-order valence-corrected chi connectivity index (χ2v) is 6.93. The molecule has 1 aliphatic heterocycles. The van der Waals surface area contributed by atoms with Gasteiger partial charge in [-0.1, -0.05) is 12.1 Å². The molecule has 1 heterocycles. The SMILES string of the molecule is Oc1ccc([C@@H]2NCCC[C@@H]2OCc2cc(C(F)(F)F)cc(C(F)(F)F)c2)cc1. The Hall–Kier alpha value is -2.26. The maximum Gasteiger partial charge on any atom is 0.416 e. The van der Waals surface area contributed by atoms with Crippen molar-refractivity contribution in [2.45, 2.75) is 43.9 Å². The second-order valence-electron chi connectivity index (χ2n) is 6.93. The van der Waals surface area contributed by atoms with Crippen LogP contribution in [0.1, 0.15) is 41.1 Å². The lowest BCUT2D eigenvalue weighted by molar-refractivity contribution is -0.143. The molecule has 0 spiro atoms. The zero-order valence-electron chi connectivity index (χ0n) is 15.1. The van der Waals surface area contributed by atoms with Crippen LogP contribution in [-0.4, -0.2) is 17.8 Å². The third kappa shape index (κ3) is 5.42. The number of piperidine rings is 1. The van der Waals surface area contributed by atoms with Gasteiger partial charge in [0.05, 0.1) is 29.9 Å². The maximum atomic E-state index is 13.0. The zero-order chi connectivity index (χ0) is 21.2. The number of halogens is 6. The van der Waals surface area contributed by atoms with Gasteiger partial charge < -0.3 is 15.2 Å². The minimum atomic E-state index is -4.89. The maximum absolute atomic E-state index is 13.0. The molecule has 3 nitrogen and oxygen atoms in total. The summed E-state index contributed by atoms with van der Waals surface area (Å²) in [6, 6.07) is 7.59. The fourth-order valence-electron chi connectivity index (χ4n) is 3.36. The lowest BCUT2D eigenvalue weighted by Gasteiger charge is -2.33. The average molecular weight is 419 g/mol. The normalized spacial score (nSPS) is 20.6. The van der Waals surface area contributed by atoms with E-state index in [9.17, 15) is 31.4 Å². The molecule has 2 aromatic carbocycles. The Kier molecular flexibility index (Phi) is 6.09. The van der Waals surface area contributed by atoms with Crippen molar-refractivity contribution in [1.82, 2.24) is 5.32 Å². The van der Waals surface area contributed by atoms with Crippen molar-refractivity contribution in [3.05, 3.63) is 64.7 Å². The molecule has 0 bridgehead atoms. The van der Waals surface area contributed by atoms with Crippen molar-refractivity contribution in [2.24, 2.45) is 0 Å². The molecule has 0 aromatic heterocycles. The van der Waals surface area contributed by atoms with Gasteiger partial charge in [-0.05, 0) is 60.8 Å². The monoisotopic (exact) mass is 419 g/mol. The van der Waals surface area contributed by atoms with E-state index in [4.69, 9.17) is 4.74 Å². The number of ether oxygens (including phenoxy) is 1. The lowest BCUT2D eigenvalue weighted by atomic mass is 9.94. The minimum Gasteiger partial charge on any atom is -0.508 e. The Morgan fingerprint density at radius 2 is 1.52 bits per heavy atom. The van der Waals surface area contributed by atoms with E-state index in [0.29, 0.717) is 25.1 Å². The van der Waals surface area contributed by atoms with Crippen LogP contribution in [0.5, 0.6) is 5.75 Å². The molecule has 1 fully saturated rings. The van der Waals surface area contributed by atoms with Gasteiger partial charge in [-0.3, -0.25) is 0 Å². The summed E-state index contributed by atoms with van der Waals surface area (Å²) in [4.78, 5) is 0. The molecule has 3 rings (SSSR count). The third-order valence-electron chi connectivity index (χ3n) is 4.77. The summed E-state index contributed by atoms with van der Waals surface area (Å²) < 4.78 is 83.8. The number of benzene rings is 2. The number of aromatic hydroxyl groups is 1. The summed E-state index contributed by atoms with van der Waals surface area (Å²) in [5.41, 5.74) is -2.10. The highest BCUT2D eigenvalue weighted by atomic mass is 19.4. The molecule has 0 aliphatic carbocycles. The van der Waals surface area contributed by atoms with Crippen LogP contribution in [-0.2, 0) is 23.7 Å². The molecule has 1 saturated heterocycles. The molecule has 0 amide bonds. The molecule has 9 heteroatoms. The van der Waals surface area contributed by atoms with Gasteiger partial charge in [0.1, 0.15) is 5.75 Å². The van der Waals surface area contributed by atoms with Crippen molar-refractivity contribution >= 4 is 0 Å². The van der Waals surface area contributed by atoms with Gasteiger partial charge in [-0.15, -0.1) is 0 Å². The fraction of sp³-hybridized carbons (Fsp3) is 0.400. The van der Waals surface area contributed by atoms with E-state index in [1.165, 1.54) is 12.1 Å². The number of alkyl halides is 6. The number of hydrogen-bond acceptors (Lipinski definition) is 3. The quantitative estimate of drug-likeness (QED) is 0.649. The third-order valence-corrected chi connectivity index (χ3v) is 4.77. The van der Waals surface area contributed by atoms with Gasteiger partial charge in [0.2, 0.25) is 0 Å². The van der Waals surface area contributed by atoms with E-state index in [2.05, 4.69) is 5.32 Å². The van der Waals surface area contributed by atoms with Crippen LogP contribution in [0.2, 0.25) is 0 Å². The first kappa shape index (κ1) is 21.4. The van der Waals surface area contributed by atoms with Crippen molar-refractivity contribution in [2.75, 3.05) is 6.54 Å².